The zero-order valence-corrected chi connectivity index (χ0v) is 13.2. The van der Waals surface area contributed by atoms with Crippen LogP contribution < -0.4 is 0 Å². The Balaban J connectivity index is 3.60. The molecule has 0 aromatic carbocycles. The fraction of sp³-hybridized carbons (Fsp3) is 0.750. The molecule has 0 aliphatic heterocycles. The maximum Gasteiger partial charge on any atom is 0.502 e. The molecule has 0 rings (SSSR count). The third-order valence-electron chi connectivity index (χ3n) is 2.50. The second kappa shape index (κ2) is 10.1. The van der Waals surface area contributed by atoms with Crippen LogP contribution in [-0.4, -0.2) is 55.9 Å². The number of rotatable bonds is 11. The molecule has 0 unspecified atom stereocenters. The Labute approximate surface area is 116 Å². The van der Waals surface area contributed by atoms with Crippen LogP contribution in [0.4, 0.5) is 0 Å². The van der Waals surface area contributed by atoms with Crippen LogP contribution in [0.15, 0.2) is 12.2 Å². The molecule has 0 fully saturated rings. The molecular weight excluding hydrogens is 268 g/mol. The number of esters is 1. The normalized spacial score (nSPS) is 11.4. The van der Waals surface area contributed by atoms with Crippen molar-refractivity contribution in [3.05, 3.63) is 12.2 Å². The van der Waals surface area contributed by atoms with E-state index in [4.69, 9.17) is 22.8 Å². The summed E-state index contributed by atoms with van der Waals surface area (Å²) in [6, 6.07) is 0.585. The van der Waals surface area contributed by atoms with Crippen molar-refractivity contribution in [2.24, 2.45) is 0 Å². The summed E-state index contributed by atoms with van der Waals surface area (Å²) < 4.78 is 26.1. The molecule has 0 aromatic rings. The molecule has 6 nitrogen and oxygen atoms in total. The molecule has 19 heavy (non-hydrogen) atoms. The highest BCUT2D eigenvalue weighted by molar-refractivity contribution is 6.60. The molecular formula is C12H24O6Si. The van der Waals surface area contributed by atoms with Crippen molar-refractivity contribution in [2.75, 3.05) is 41.2 Å². The minimum atomic E-state index is -2.54. The summed E-state index contributed by atoms with van der Waals surface area (Å²) in [5.41, 5.74) is 0.400. The van der Waals surface area contributed by atoms with Gasteiger partial charge in [0.25, 0.3) is 0 Å². The maximum atomic E-state index is 11.1. The predicted molar refractivity (Wildman–Crippen MR) is 72.8 cm³/mol. The van der Waals surface area contributed by atoms with Crippen LogP contribution in [-0.2, 0) is 27.5 Å². The lowest BCUT2D eigenvalue weighted by Crippen LogP contribution is -2.43. The van der Waals surface area contributed by atoms with E-state index in [1.165, 1.54) is 0 Å². The zero-order valence-electron chi connectivity index (χ0n) is 12.2. The number of hydrogen-bond acceptors (Lipinski definition) is 6. The summed E-state index contributed by atoms with van der Waals surface area (Å²) in [6.45, 7) is 6.42. The average Bonchev–Trinajstić information content (AvgIpc) is 2.42. The summed E-state index contributed by atoms with van der Waals surface area (Å²) in [5, 5.41) is 0. The Kier molecular flexibility index (Phi) is 9.71. The Hall–Kier alpha value is -0.733. The highest BCUT2D eigenvalue weighted by Gasteiger charge is 2.37. The van der Waals surface area contributed by atoms with E-state index < -0.39 is 8.80 Å². The third kappa shape index (κ3) is 7.43. The van der Waals surface area contributed by atoms with Crippen molar-refractivity contribution in [1.29, 1.82) is 0 Å². The van der Waals surface area contributed by atoms with Crippen LogP contribution >= 0.6 is 0 Å². The first-order valence-corrected chi connectivity index (χ1v) is 8.00. The van der Waals surface area contributed by atoms with Gasteiger partial charge in [0.2, 0.25) is 0 Å². The summed E-state index contributed by atoms with van der Waals surface area (Å²) in [5.74, 6) is -0.371. The molecule has 0 saturated carbocycles. The van der Waals surface area contributed by atoms with Crippen LogP contribution in [0.25, 0.3) is 0 Å². The van der Waals surface area contributed by atoms with Gasteiger partial charge in [-0.05, 0) is 6.92 Å². The van der Waals surface area contributed by atoms with Gasteiger partial charge in [0.05, 0.1) is 13.2 Å². The molecule has 112 valence electrons. The highest BCUT2D eigenvalue weighted by Crippen LogP contribution is 2.12. The smallest absolute Gasteiger partial charge is 0.462 e. The Morgan fingerprint density at radius 1 is 1.05 bits per heavy atom. The van der Waals surface area contributed by atoms with Gasteiger partial charge in [-0.15, -0.1) is 0 Å². The standard InChI is InChI=1S/C12H24O6Si/c1-11(2)12(13)18-8-6-7-17-9-10-19(14-3,15-4)16-5/h1,6-10H2,2-5H3. The van der Waals surface area contributed by atoms with E-state index in [9.17, 15) is 4.79 Å². The first kappa shape index (κ1) is 18.3. The highest BCUT2D eigenvalue weighted by atomic mass is 28.4. The van der Waals surface area contributed by atoms with Gasteiger partial charge in [-0.1, -0.05) is 6.58 Å². The van der Waals surface area contributed by atoms with E-state index in [0.717, 1.165) is 0 Å². The van der Waals surface area contributed by atoms with Crippen molar-refractivity contribution in [3.8, 4) is 0 Å². The van der Waals surface area contributed by atoms with Gasteiger partial charge in [0.15, 0.2) is 0 Å². The van der Waals surface area contributed by atoms with Gasteiger partial charge in [0, 0.05) is 46.0 Å². The van der Waals surface area contributed by atoms with E-state index >= 15 is 0 Å². The van der Waals surface area contributed by atoms with Crippen molar-refractivity contribution >= 4 is 14.8 Å². The topological polar surface area (TPSA) is 63.2 Å². The Bertz CT molecular complexity index is 269. The summed E-state index contributed by atoms with van der Waals surface area (Å²) in [7, 11) is 2.16. The number of carbonyl (C=O) groups excluding carboxylic acids is 1. The first-order valence-electron chi connectivity index (χ1n) is 6.07. The summed E-state index contributed by atoms with van der Waals surface area (Å²) in [6.07, 6.45) is 0.639. The van der Waals surface area contributed by atoms with Gasteiger partial charge in [-0.25, -0.2) is 4.79 Å². The fourth-order valence-electron chi connectivity index (χ4n) is 1.30. The molecule has 0 N–H and O–H groups in total. The lowest BCUT2D eigenvalue weighted by Gasteiger charge is -2.24. The quantitative estimate of drug-likeness (QED) is 0.248. The van der Waals surface area contributed by atoms with Crippen LogP contribution in [0.1, 0.15) is 13.3 Å². The largest absolute Gasteiger partial charge is 0.502 e. The molecule has 0 radical (unpaired) electrons. The first-order chi connectivity index (χ1) is 9.01. The predicted octanol–water partition coefficient (Wildman–Crippen LogP) is 1.39. The van der Waals surface area contributed by atoms with Gasteiger partial charge < -0.3 is 22.8 Å². The fourth-order valence-corrected chi connectivity index (χ4v) is 2.81. The van der Waals surface area contributed by atoms with Gasteiger partial charge >= 0.3 is 14.8 Å². The van der Waals surface area contributed by atoms with Crippen molar-refractivity contribution in [2.45, 2.75) is 19.4 Å². The van der Waals surface area contributed by atoms with Gasteiger partial charge in [-0.3, -0.25) is 0 Å². The molecule has 0 heterocycles. The number of ether oxygens (including phenoxy) is 2. The lowest BCUT2D eigenvalue weighted by atomic mass is 10.4. The minimum Gasteiger partial charge on any atom is -0.462 e. The lowest BCUT2D eigenvalue weighted by molar-refractivity contribution is -0.139. The third-order valence-corrected chi connectivity index (χ3v) is 5.18. The average molecular weight is 292 g/mol. The number of carbonyl (C=O) groups is 1. The molecule has 7 heteroatoms. The molecule has 0 aliphatic rings. The van der Waals surface area contributed by atoms with E-state index in [1.807, 2.05) is 0 Å². The minimum absolute atomic E-state index is 0.326. The SMILES string of the molecule is C=C(C)C(=O)OCCCOCC[Si](OC)(OC)OC. The molecule has 0 amide bonds. The van der Waals surface area contributed by atoms with Crippen LogP contribution in [0.3, 0.4) is 0 Å². The maximum absolute atomic E-state index is 11.1. The summed E-state index contributed by atoms with van der Waals surface area (Å²) in [4.78, 5) is 11.1. The molecule has 0 bridgehead atoms. The van der Waals surface area contributed by atoms with Crippen LogP contribution in [0.2, 0.25) is 6.04 Å². The van der Waals surface area contributed by atoms with Crippen LogP contribution in [0, 0.1) is 0 Å². The summed E-state index contributed by atoms with van der Waals surface area (Å²) >= 11 is 0. The second-order valence-electron chi connectivity index (χ2n) is 3.93. The van der Waals surface area contributed by atoms with Crippen molar-refractivity contribution in [1.82, 2.24) is 0 Å². The molecule has 0 aliphatic carbocycles. The van der Waals surface area contributed by atoms with E-state index in [-0.39, 0.29) is 5.97 Å². The Morgan fingerprint density at radius 2 is 1.63 bits per heavy atom. The van der Waals surface area contributed by atoms with Gasteiger partial charge in [0.1, 0.15) is 0 Å². The molecule has 0 spiro atoms. The van der Waals surface area contributed by atoms with Gasteiger partial charge in [-0.2, -0.15) is 0 Å². The monoisotopic (exact) mass is 292 g/mol. The van der Waals surface area contributed by atoms with E-state index in [2.05, 4.69) is 6.58 Å². The zero-order chi connectivity index (χ0) is 14.7. The van der Waals surface area contributed by atoms with Crippen molar-refractivity contribution < 1.29 is 27.5 Å². The van der Waals surface area contributed by atoms with Crippen molar-refractivity contribution in [3.63, 3.8) is 0 Å². The Morgan fingerprint density at radius 3 is 2.11 bits per heavy atom. The second-order valence-corrected chi connectivity index (χ2v) is 7.02. The van der Waals surface area contributed by atoms with E-state index in [1.54, 1.807) is 28.3 Å². The molecule has 0 atom stereocenters. The van der Waals surface area contributed by atoms with E-state index in [0.29, 0.717) is 37.9 Å². The number of hydrogen-bond donors (Lipinski definition) is 0. The molecule has 0 saturated heterocycles. The van der Waals surface area contributed by atoms with Crippen LogP contribution in [0.5, 0.6) is 0 Å². The molecule has 0 aromatic heterocycles.